The highest BCUT2D eigenvalue weighted by molar-refractivity contribution is 7.89. The SMILES string of the molecule is CC1CC(NS(=O)(=O)c2cnn(CCN)c2)CCO1. The third-order valence-electron chi connectivity index (χ3n) is 3.08. The minimum absolute atomic E-state index is 0.0772. The van der Waals surface area contributed by atoms with Crippen molar-refractivity contribution < 1.29 is 13.2 Å². The van der Waals surface area contributed by atoms with E-state index in [1.54, 1.807) is 0 Å². The number of sulfonamides is 1. The van der Waals surface area contributed by atoms with Crippen molar-refractivity contribution >= 4 is 10.0 Å². The van der Waals surface area contributed by atoms with Gasteiger partial charge in [0.15, 0.2) is 0 Å². The van der Waals surface area contributed by atoms with Crippen molar-refractivity contribution in [3.8, 4) is 0 Å². The van der Waals surface area contributed by atoms with Crippen LogP contribution in [0.3, 0.4) is 0 Å². The first-order valence-corrected chi connectivity index (χ1v) is 7.86. The summed E-state index contributed by atoms with van der Waals surface area (Å²) in [6.45, 7) is 3.45. The second-order valence-electron chi connectivity index (χ2n) is 4.75. The molecule has 0 bridgehead atoms. The van der Waals surface area contributed by atoms with Crippen LogP contribution in [-0.2, 0) is 21.3 Å². The average Bonchev–Trinajstić information content (AvgIpc) is 2.78. The predicted octanol–water partition coefficient (Wildman–Crippen LogP) is -0.312. The van der Waals surface area contributed by atoms with Crippen LogP contribution in [-0.4, -0.2) is 43.5 Å². The molecule has 2 heterocycles. The molecule has 1 aromatic rings. The Labute approximate surface area is 113 Å². The molecule has 1 saturated heterocycles. The van der Waals surface area contributed by atoms with E-state index in [2.05, 4.69) is 9.82 Å². The Kier molecular flexibility index (Phi) is 4.56. The molecule has 0 aromatic carbocycles. The van der Waals surface area contributed by atoms with Crippen molar-refractivity contribution in [2.45, 2.75) is 43.4 Å². The summed E-state index contributed by atoms with van der Waals surface area (Å²) in [6.07, 6.45) is 4.32. The molecule has 1 fully saturated rings. The van der Waals surface area contributed by atoms with E-state index < -0.39 is 10.0 Å². The highest BCUT2D eigenvalue weighted by Gasteiger charge is 2.25. The first-order valence-electron chi connectivity index (χ1n) is 6.37. The highest BCUT2D eigenvalue weighted by Crippen LogP contribution is 2.16. The molecule has 108 valence electrons. The summed E-state index contributed by atoms with van der Waals surface area (Å²) in [5.41, 5.74) is 5.40. The van der Waals surface area contributed by atoms with Crippen molar-refractivity contribution in [1.82, 2.24) is 14.5 Å². The summed E-state index contributed by atoms with van der Waals surface area (Å²) in [6, 6.07) is -0.0772. The number of rotatable bonds is 5. The Hall–Kier alpha value is -0.960. The first kappa shape index (κ1) is 14.4. The van der Waals surface area contributed by atoms with Crippen LogP contribution in [0.15, 0.2) is 17.3 Å². The van der Waals surface area contributed by atoms with Crippen LogP contribution in [0.4, 0.5) is 0 Å². The largest absolute Gasteiger partial charge is 0.378 e. The number of nitrogens with zero attached hydrogens (tertiary/aromatic N) is 2. The molecule has 8 heteroatoms. The molecule has 3 N–H and O–H groups in total. The number of ether oxygens (including phenoxy) is 1. The number of aromatic nitrogens is 2. The van der Waals surface area contributed by atoms with Gasteiger partial charge in [-0.05, 0) is 19.8 Å². The van der Waals surface area contributed by atoms with Crippen LogP contribution in [0.5, 0.6) is 0 Å². The summed E-state index contributed by atoms with van der Waals surface area (Å²) < 4.78 is 34.0. The topological polar surface area (TPSA) is 99.2 Å². The average molecular weight is 288 g/mol. The Morgan fingerprint density at radius 3 is 3.11 bits per heavy atom. The molecule has 2 unspecified atom stereocenters. The molecule has 2 rings (SSSR count). The Morgan fingerprint density at radius 1 is 1.63 bits per heavy atom. The van der Waals surface area contributed by atoms with Gasteiger partial charge in [-0.1, -0.05) is 0 Å². The van der Waals surface area contributed by atoms with Crippen molar-refractivity contribution in [3.63, 3.8) is 0 Å². The van der Waals surface area contributed by atoms with Gasteiger partial charge >= 0.3 is 0 Å². The van der Waals surface area contributed by atoms with Gasteiger partial charge < -0.3 is 10.5 Å². The summed E-state index contributed by atoms with van der Waals surface area (Å²) in [7, 11) is -3.51. The molecule has 1 aliphatic heterocycles. The third-order valence-corrected chi connectivity index (χ3v) is 4.56. The van der Waals surface area contributed by atoms with E-state index in [9.17, 15) is 8.42 Å². The lowest BCUT2D eigenvalue weighted by atomic mass is 10.1. The molecule has 0 saturated carbocycles. The van der Waals surface area contributed by atoms with Gasteiger partial charge in [0.25, 0.3) is 0 Å². The van der Waals surface area contributed by atoms with E-state index in [1.807, 2.05) is 6.92 Å². The van der Waals surface area contributed by atoms with Crippen LogP contribution in [0.2, 0.25) is 0 Å². The zero-order chi connectivity index (χ0) is 13.9. The van der Waals surface area contributed by atoms with Gasteiger partial charge in [-0.3, -0.25) is 4.68 Å². The van der Waals surface area contributed by atoms with Crippen LogP contribution in [0.1, 0.15) is 19.8 Å². The highest BCUT2D eigenvalue weighted by atomic mass is 32.2. The van der Waals surface area contributed by atoms with Gasteiger partial charge in [0.1, 0.15) is 4.90 Å². The molecule has 19 heavy (non-hydrogen) atoms. The summed E-state index contributed by atoms with van der Waals surface area (Å²) in [5.74, 6) is 0. The number of hydrogen-bond acceptors (Lipinski definition) is 5. The third kappa shape index (κ3) is 3.75. The zero-order valence-corrected chi connectivity index (χ0v) is 11.8. The standard InChI is InChI=1S/C11H20N4O3S/c1-9-6-10(2-5-18-9)14-19(16,17)11-7-13-15(8-11)4-3-12/h7-10,14H,2-6,12H2,1H3. The lowest BCUT2D eigenvalue weighted by Crippen LogP contribution is -2.41. The van der Waals surface area contributed by atoms with Gasteiger partial charge in [-0.2, -0.15) is 5.10 Å². The Morgan fingerprint density at radius 2 is 2.42 bits per heavy atom. The van der Waals surface area contributed by atoms with E-state index in [-0.39, 0.29) is 17.0 Å². The lowest BCUT2D eigenvalue weighted by molar-refractivity contribution is 0.0173. The van der Waals surface area contributed by atoms with Crippen LogP contribution in [0.25, 0.3) is 0 Å². The molecule has 1 aliphatic rings. The second-order valence-corrected chi connectivity index (χ2v) is 6.47. The second kappa shape index (κ2) is 6.00. The zero-order valence-electron chi connectivity index (χ0n) is 10.9. The van der Waals surface area contributed by atoms with Gasteiger partial charge in [0.05, 0.1) is 18.8 Å². The number of nitrogens with two attached hydrogens (primary N) is 1. The molecule has 2 atom stereocenters. The van der Waals surface area contributed by atoms with Crippen molar-refractivity contribution in [1.29, 1.82) is 0 Å². The minimum Gasteiger partial charge on any atom is -0.378 e. The number of nitrogens with one attached hydrogen (secondary N) is 1. The normalized spacial score (nSPS) is 24.5. The summed E-state index contributed by atoms with van der Waals surface area (Å²) in [5, 5.41) is 3.97. The molecule has 1 aromatic heterocycles. The van der Waals surface area contributed by atoms with Gasteiger partial charge in [-0.15, -0.1) is 0 Å². The van der Waals surface area contributed by atoms with Gasteiger partial charge in [-0.25, -0.2) is 13.1 Å². The summed E-state index contributed by atoms with van der Waals surface area (Å²) in [4.78, 5) is 0.181. The minimum atomic E-state index is -3.51. The Balaban J connectivity index is 2.04. The van der Waals surface area contributed by atoms with Gasteiger partial charge in [0.2, 0.25) is 10.0 Å². The molecular formula is C11H20N4O3S. The number of hydrogen-bond donors (Lipinski definition) is 2. The first-order chi connectivity index (χ1) is 9.01. The van der Waals surface area contributed by atoms with E-state index in [0.29, 0.717) is 32.5 Å². The van der Waals surface area contributed by atoms with Crippen LogP contribution < -0.4 is 10.5 Å². The van der Waals surface area contributed by atoms with Crippen LogP contribution in [0, 0.1) is 0 Å². The monoisotopic (exact) mass is 288 g/mol. The van der Waals surface area contributed by atoms with E-state index in [4.69, 9.17) is 10.5 Å². The maximum atomic E-state index is 12.2. The molecular weight excluding hydrogens is 268 g/mol. The molecule has 0 radical (unpaired) electrons. The van der Waals surface area contributed by atoms with Crippen LogP contribution >= 0.6 is 0 Å². The Bertz CT molecular complexity index is 514. The lowest BCUT2D eigenvalue weighted by Gasteiger charge is -2.27. The molecule has 7 nitrogen and oxygen atoms in total. The molecule has 0 aliphatic carbocycles. The van der Waals surface area contributed by atoms with Crippen molar-refractivity contribution in [2.24, 2.45) is 5.73 Å². The smallest absolute Gasteiger partial charge is 0.243 e. The van der Waals surface area contributed by atoms with E-state index >= 15 is 0 Å². The fourth-order valence-electron chi connectivity index (χ4n) is 2.13. The quantitative estimate of drug-likeness (QED) is 0.774. The molecule has 0 spiro atoms. The fourth-order valence-corrected chi connectivity index (χ4v) is 3.37. The van der Waals surface area contributed by atoms with E-state index in [1.165, 1.54) is 17.1 Å². The maximum Gasteiger partial charge on any atom is 0.243 e. The van der Waals surface area contributed by atoms with E-state index in [0.717, 1.165) is 0 Å². The fraction of sp³-hybridized carbons (Fsp3) is 0.727. The van der Waals surface area contributed by atoms with Gasteiger partial charge in [0, 0.05) is 25.4 Å². The predicted molar refractivity (Wildman–Crippen MR) is 70.0 cm³/mol. The van der Waals surface area contributed by atoms with Crippen molar-refractivity contribution in [3.05, 3.63) is 12.4 Å². The summed E-state index contributed by atoms with van der Waals surface area (Å²) >= 11 is 0. The van der Waals surface area contributed by atoms with Crippen molar-refractivity contribution in [2.75, 3.05) is 13.2 Å². The maximum absolute atomic E-state index is 12.2. The molecule has 0 amide bonds.